The molecule has 20 heavy (non-hydrogen) atoms. The van der Waals surface area contributed by atoms with E-state index in [1.165, 1.54) is 51.4 Å². The maximum absolute atomic E-state index is 3.81. The zero-order valence-corrected chi connectivity index (χ0v) is 13.9. The van der Waals surface area contributed by atoms with Gasteiger partial charge in [-0.3, -0.25) is 0 Å². The summed E-state index contributed by atoms with van der Waals surface area (Å²) in [7, 11) is 0. The molecular formula is C18H29NS. The summed E-state index contributed by atoms with van der Waals surface area (Å²) in [6.45, 7) is 5.79. The predicted molar refractivity (Wildman–Crippen MR) is 88.5 cm³/mol. The molecular weight excluding hydrogens is 262 g/mol. The molecule has 1 fully saturated rings. The van der Waals surface area contributed by atoms with Gasteiger partial charge in [0.05, 0.1) is 0 Å². The summed E-state index contributed by atoms with van der Waals surface area (Å²) in [5.41, 5.74) is 1.67. The zero-order chi connectivity index (χ0) is 13.9. The van der Waals surface area contributed by atoms with Crippen LogP contribution in [-0.2, 0) is 12.8 Å². The van der Waals surface area contributed by atoms with Crippen molar-refractivity contribution in [3.63, 3.8) is 0 Å². The Bertz CT molecular complexity index is 413. The van der Waals surface area contributed by atoms with Crippen molar-refractivity contribution in [2.75, 3.05) is 6.54 Å². The molecule has 1 aromatic rings. The normalized spacial score (nSPS) is 28.1. The van der Waals surface area contributed by atoms with Crippen molar-refractivity contribution in [1.29, 1.82) is 0 Å². The van der Waals surface area contributed by atoms with E-state index in [1.54, 1.807) is 15.3 Å². The van der Waals surface area contributed by atoms with Crippen LogP contribution in [0.3, 0.4) is 0 Å². The molecule has 1 saturated carbocycles. The van der Waals surface area contributed by atoms with E-state index < -0.39 is 0 Å². The summed E-state index contributed by atoms with van der Waals surface area (Å²) in [5, 5.41) is 3.81. The largest absolute Gasteiger partial charge is 0.309 e. The van der Waals surface area contributed by atoms with Crippen LogP contribution < -0.4 is 5.32 Å². The molecule has 0 spiro atoms. The van der Waals surface area contributed by atoms with Crippen molar-refractivity contribution < 1.29 is 0 Å². The summed E-state index contributed by atoms with van der Waals surface area (Å²) < 4.78 is 0. The van der Waals surface area contributed by atoms with E-state index in [0.29, 0.717) is 6.04 Å². The van der Waals surface area contributed by atoms with E-state index in [-0.39, 0.29) is 0 Å². The van der Waals surface area contributed by atoms with Gasteiger partial charge in [-0.05, 0) is 68.5 Å². The molecule has 0 aromatic carbocycles. The van der Waals surface area contributed by atoms with Crippen molar-refractivity contribution in [2.45, 2.75) is 71.3 Å². The van der Waals surface area contributed by atoms with Gasteiger partial charge < -0.3 is 5.32 Å². The third-order valence-corrected chi connectivity index (χ3v) is 6.51. The second-order valence-corrected chi connectivity index (χ2v) is 8.04. The molecule has 2 heteroatoms. The lowest BCUT2D eigenvalue weighted by Crippen LogP contribution is -2.30. The molecule has 3 unspecified atom stereocenters. The smallest absolute Gasteiger partial charge is 0.0443 e. The van der Waals surface area contributed by atoms with E-state index in [2.05, 4.69) is 36.6 Å². The molecule has 0 amide bonds. The van der Waals surface area contributed by atoms with Gasteiger partial charge >= 0.3 is 0 Å². The van der Waals surface area contributed by atoms with Crippen molar-refractivity contribution in [2.24, 2.45) is 11.8 Å². The van der Waals surface area contributed by atoms with E-state index in [9.17, 15) is 0 Å². The highest BCUT2D eigenvalue weighted by Crippen LogP contribution is 2.41. The van der Waals surface area contributed by atoms with Crippen molar-refractivity contribution in [3.05, 3.63) is 21.4 Å². The number of hydrogen-bond donors (Lipinski definition) is 1. The topological polar surface area (TPSA) is 12.0 Å². The Labute approximate surface area is 128 Å². The van der Waals surface area contributed by atoms with Crippen LogP contribution in [0.5, 0.6) is 0 Å². The van der Waals surface area contributed by atoms with Crippen LogP contribution in [0.1, 0.15) is 73.7 Å². The fourth-order valence-corrected chi connectivity index (χ4v) is 5.60. The van der Waals surface area contributed by atoms with Crippen LogP contribution in [0.15, 0.2) is 6.07 Å². The maximum Gasteiger partial charge on any atom is 0.0443 e. The van der Waals surface area contributed by atoms with Gasteiger partial charge in [-0.15, -0.1) is 11.3 Å². The van der Waals surface area contributed by atoms with Crippen molar-refractivity contribution >= 4 is 11.3 Å². The number of thiophene rings is 1. The molecule has 1 heterocycles. The molecule has 0 saturated heterocycles. The van der Waals surface area contributed by atoms with Crippen LogP contribution in [0.25, 0.3) is 0 Å². The van der Waals surface area contributed by atoms with Gasteiger partial charge in [0, 0.05) is 15.8 Å². The van der Waals surface area contributed by atoms with Gasteiger partial charge in [0.25, 0.3) is 0 Å². The maximum atomic E-state index is 3.81. The van der Waals surface area contributed by atoms with Gasteiger partial charge in [0.2, 0.25) is 0 Å². The minimum atomic E-state index is 0.623. The molecule has 0 bridgehead atoms. The monoisotopic (exact) mass is 291 g/mol. The zero-order valence-electron chi connectivity index (χ0n) is 13.1. The second-order valence-electron chi connectivity index (χ2n) is 6.87. The highest BCUT2D eigenvalue weighted by Gasteiger charge is 2.29. The third kappa shape index (κ3) is 3.12. The number of rotatable bonds is 4. The van der Waals surface area contributed by atoms with Crippen LogP contribution in [0, 0.1) is 11.8 Å². The average molecular weight is 292 g/mol. The number of nitrogens with one attached hydrogen (secondary N) is 1. The standard InChI is InChI=1S/C18H29NS/c1-3-19-18(15-9-6-7-13(2)11-15)17-12-14-8-4-5-10-16(14)20-17/h12-13,15,18-19H,3-11H2,1-2H3. The van der Waals surface area contributed by atoms with E-state index in [4.69, 9.17) is 0 Å². The van der Waals surface area contributed by atoms with Gasteiger partial charge in [-0.2, -0.15) is 0 Å². The highest BCUT2D eigenvalue weighted by atomic mass is 32.1. The van der Waals surface area contributed by atoms with Gasteiger partial charge in [-0.25, -0.2) is 0 Å². The first-order valence-corrected chi connectivity index (χ1v) is 9.44. The second kappa shape index (κ2) is 6.62. The lowest BCUT2D eigenvalue weighted by Gasteiger charge is -2.33. The van der Waals surface area contributed by atoms with Crippen molar-refractivity contribution in [3.8, 4) is 0 Å². The highest BCUT2D eigenvalue weighted by molar-refractivity contribution is 7.12. The molecule has 0 aliphatic heterocycles. The number of hydrogen-bond acceptors (Lipinski definition) is 2. The van der Waals surface area contributed by atoms with Gasteiger partial charge in [-0.1, -0.05) is 26.7 Å². The molecule has 0 radical (unpaired) electrons. The Morgan fingerprint density at radius 3 is 2.85 bits per heavy atom. The summed E-state index contributed by atoms with van der Waals surface area (Å²) >= 11 is 2.12. The molecule has 112 valence electrons. The van der Waals surface area contributed by atoms with Crippen molar-refractivity contribution in [1.82, 2.24) is 5.32 Å². The van der Waals surface area contributed by atoms with Crippen LogP contribution in [0.2, 0.25) is 0 Å². The minimum absolute atomic E-state index is 0.623. The Balaban J connectivity index is 1.80. The fourth-order valence-electron chi connectivity index (χ4n) is 4.17. The summed E-state index contributed by atoms with van der Waals surface area (Å²) in [6, 6.07) is 3.17. The molecule has 1 N–H and O–H groups in total. The van der Waals surface area contributed by atoms with Gasteiger partial charge in [0.15, 0.2) is 0 Å². The minimum Gasteiger partial charge on any atom is -0.309 e. The molecule has 2 aliphatic rings. The molecule has 1 nitrogen and oxygen atoms in total. The lowest BCUT2D eigenvalue weighted by molar-refractivity contribution is 0.227. The molecule has 3 rings (SSSR count). The van der Waals surface area contributed by atoms with Crippen LogP contribution in [-0.4, -0.2) is 6.54 Å². The van der Waals surface area contributed by atoms with Crippen LogP contribution in [0.4, 0.5) is 0 Å². The summed E-state index contributed by atoms with van der Waals surface area (Å²) in [5.74, 6) is 1.78. The van der Waals surface area contributed by atoms with Gasteiger partial charge in [0.1, 0.15) is 0 Å². The van der Waals surface area contributed by atoms with E-state index in [1.807, 2.05) is 0 Å². The Morgan fingerprint density at radius 1 is 1.25 bits per heavy atom. The Hall–Kier alpha value is -0.340. The summed E-state index contributed by atoms with van der Waals surface area (Å²) in [6.07, 6.45) is 11.2. The SMILES string of the molecule is CCNC(c1cc2c(s1)CCCC2)C1CCCC(C)C1. The van der Waals surface area contributed by atoms with E-state index in [0.717, 1.165) is 18.4 Å². The first-order valence-electron chi connectivity index (χ1n) is 8.62. The molecule has 2 aliphatic carbocycles. The average Bonchev–Trinajstić information content (AvgIpc) is 2.88. The van der Waals surface area contributed by atoms with Crippen LogP contribution >= 0.6 is 11.3 Å². The lowest BCUT2D eigenvalue weighted by atomic mass is 9.78. The number of aryl methyl sites for hydroxylation is 2. The first-order chi connectivity index (χ1) is 9.78. The predicted octanol–water partition coefficient (Wildman–Crippen LogP) is 5.10. The summed E-state index contributed by atoms with van der Waals surface area (Å²) in [4.78, 5) is 3.33. The Kier molecular flexibility index (Phi) is 4.83. The van der Waals surface area contributed by atoms with E-state index >= 15 is 0 Å². The third-order valence-electron chi connectivity index (χ3n) is 5.19. The molecule has 1 aromatic heterocycles. The quantitative estimate of drug-likeness (QED) is 0.813. The first kappa shape index (κ1) is 14.6. The number of fused-ring (bicyclic) bond motifs is 1. The Morgan fingerprint density at radius 2 is 2.10 bits per heavy atom. The fraction of sp³-hybridized carbons (Fsp3) is 0.778. The molecule has 3 atom stereocenters.